The maximum atomic E-state index is 12.6. The molecule has 0 saturated heterocycles. The lowest BCUT2D eigenvalue weighted by Gasteiger charge is -2.18. The zero-order valence-corrected chi connectivity index (χ0v) is 31.6. The average Bonchev–Trinajstić information content (AvgIpc) is 3.05. The van der Waals surface area contributed by atoms with Gasteiger partial charge in [-0.25, -0.2) is 0 Å². The zero-order valence-electron chi connectivity index (χ0n) is 31.6. The fourth-order valence-electron chi connectivity index (χ4n) is 6.33. The number of carboxylic acids is 1. The highest BCUT2D eigenvalue weighted by Gasteiger charge is 2.14. The Morgan fingerprint density at radius 3 is 1.26 bits per heavy atom. The van der Waals surface area contributed by atoms with Crippen LogP contribution < -0.4 is 0 Å². The fraction of sp³-hybridized carbons (Fsp3) is 0.860. The standard InChI is InChI=1S/C43H80O4/c1-3-5-7-9-11-12-13-14-15-16-17-18-19-20-21-22-23-24-25-26-27-32-36-40-43(46)47-41(37-33-29-10-8-6-4-2)38-34-30-28-31-35-39-42(44)45/h13-14,16-17,41H,3-12,15,18-40H2,1-2H3,(H,44,45)/b14-13-,17-16-. The number of carbonyl (C=O) groups is 2. The highest BCUT2D eigenvalue weighted by molar-refractivity contribution is 5.69. The molecule has 47 heavy (non-hydrogen) atoms. The molecule has 0 aromatic heterocycles. The number of aliphatic carboxylic acids is 1. The van der Waals surface area contributed by atoms with Crippen LogP contribution in [0.1, 0.15) is 232 Å². The van der Waals surface area contributed by atoms with Crippen molar-refractivity contribution in [3.8, 4) is 0 Å². The number of carbonyl (C=O) groups excluding carboxylic acids is 1. The molecule has 1 atom stereocenters. The summed E-state index contributed by atoms with van der Waals surface area (Å²) in [6.45, 7) is 4.52. The van der Waals surface area contributed by atoms with Crippen LogP contribution >= 0.6 is 0 Å². The summed E-state index contributed by atoms with van der Waals surface area (Å²) in [5.41, 5.74) is 0. The van der Waals surface area contributed by atoms with Gasteiger partial charge < -0.3 is 9.84 Å². The van der Waals surface area contributed by atoms with Crippen molar-refractivity contribution in [2.24, 2.45) is 0 Å². The van der Waals surface area contributed by atoms with Crippen molar-refractivity contribution in [1.29, 1.82) is 0 Å². The first-order valence-electron chi connectivity index (χ1n) is 20.8. The third kappa shape index (κ3) is 38.7. The van der Waals surface area contributed by atoms with Crippen LogP contribution in [0.25, 0.3) is 0 Å². The van der Waals surface area contributed by atoms with Gasteiger partial charge in [-0.1, -0.05) is 173 Å². The molecule has 0 aliphatic heterocycles. The van der Waals surface area contributed by atoms with Gasteiger partial charge in [0, 0.05) is 12.8 Å². The number of hydrogen-bond donors (Lipinski definition) is 1. The van der Waals surface area contributed by atoms with Gasteiger partial charge in [-0.05, 0) is 70.6 Å². The predicted molar refractivity (Wildman–Crippen MR) is 204 cm³/mol. The molecule has 276 valence electrons. The Hall–Kier alpha value is -1.58. The lowest BCUT2D eigenvalue weighted by atomic mass is 10.0. The number of esters is 1. The van der Waals surface area contributed by atoms with E-state index in [0.717, 1.165) is 70.6 Å². The Morgan fingerprint density at radius 1 is 0.468 bits per heavy atom. The molecule has 0 rings (SSSR count). The first-order chi connectivity index (χ1) is 23.1. The molecule has 0 heterocycles. The molecule has 0 aromatic rings. The van der Waals surface area contributed by atoms with Gasteiger partial charge in [-0.2, -0.15) is 0 Å². The number of allylic oxidation sites excluding steroid dienone is 4. The van der Waals surface area contributed by atoms with Crippen molar-refractivity contribution in [2.75, 3.05) is 0 Å². The van der Waals surface area contributed by atoms with Gasteiger partial charge in [0.2, 0.25) is 0 Å². The van der Waals surface area contributed by atoms with Crippen LogP contribution in [-0.2, 0) is 14.3 Å². The number of rotatable bonds is 38. The Labute approximate surface area is 293 Å². The monoisotopic (exact) mass is 661 g/mol. The number of carboxylic acid groups (broad SMARTS) is 1. The van der Waals surface area contributed by atoms with Gasteiger partial charge in [0.25, 0.3) is 0 Å². The summed E-state index contributed by atoms with van der Waals surface area (Å²) in [4.78, 5) is 23.3. The maximum Gasteiger partial charge on any atom is 0.306 e. The largest absolute Gasteiger partial charge is 0.481 e. The van der Waals surface area contributed by atoms with E-state index in [9.17, 15) is 9.59 Å². The van der Waals surface area contributed by atoms with Gasteiger partial charge in [0.1, 0.15) is 6.10 Å². The Bertz CT molecular complexity index is 713. The minimum absolute atomic E-state index is 0.00160. The Morgan fingerprint density at radius 2 is 0.830 bits per heavy atom. The molecule has 0 aliphatic carbocycles. The summed E-state index contributed by atoms with van der Waals surface area (Å²) in [5, 5.41) is 8.79. The van der Waals surface area contributed by atoms with Gasteiger partial charge in [-0.3, -0.25) is 9.59 Å². The fourth-order valence-corrected chi connectivity index (χ4v) is 6.33. The minimum Gasteiger partial charge on any atom is -0.481 e. The minimum atomic E-state index is -0.700. The first-order valence-corrected chi connectivity index (χ1v) is 20.8. The second-order valence-electron chi connectivity index (χ2n) is 14.2. The van der Waals surface area contributed by atoms with E-state index in [1.54, 1.807) is 0 Å². The van der Waals surface area contributed by atoms with Gasteiger partial charge in [-0.15, -0.1) is 0 Å². The van der Waals surface area contributed by atoms with Crippen molar-refractivity contribution in [2.45, 2.75) is 238 Å². The lowest BCUT2D eigenvalue weighted by Crippen LogP contribution is -2.18. The van der Waals surface area contributed by atoms with Crippen molar-refractivity contribution in [3.63, 3.8) is 0 Å². The van der Waals surface area contributed by atoms with E-state index in [4.69, 9.17) is 9.84 Å². The van der Waals surface area contributed by atoms with Crippen molar-refractivity contribution < 1.29 is 19.4 Å². The molecular formula is C43H80O4. The molecule has 4 nitrogen and oxygen atoms in total. The summed E-state index contributed by atoms with van der Waals surface area (Å²) < 4.78 is 5.96. The van der Waals surface area contributed by atoms with E-state index >= 15 is 0 Å². The molecule has 4 heteroatoms. The van der Waals surface area contributed by atoms with E-state index in [0.29, 0.717) is 6.42 Å². The average molecular weight is 661 g/mol. The maximum absolute atomic E-state index is 12.6. The summed E-state index contributed by atoms with van der Waals surface area (Å²) in [7, 11) is 0. The number of unbranched alkanes of at least 4 members (excludes halogenated alkanes) is 25. The highest BCUT2D eigenvalue weighted by Crippen LogP contribution is 2.19. The van der Waals surface area contributed by atoms with E-state index in [2.05, 4.69) is 38.2 Å². The molecule has 0 aliphatic rings. The van der Waals surface area contributed by atoms with E-state index in [1.165, 1.54) is 135 Å². The predicted octanol–water partition coefficient (Wildman–Crippen LogP) is 14.4. The molecule has 0 saturated carbocycles. The third-order valence-electron chi connectivity index (χ3n) is 9.43. The molecule has 0 aromatic carbocycles. The summed E-state index contributed by atoms with van der Waals surface area (Å²) in [6, 6.07) is 0. The Balaban J connectivity index is 3.74. The molecule has 0 amide bonds. The van der Waals surface area contributed by atoms with Crippen molar-refractivity contribution >= 4 is 11.9 Å². The summed E-state index contributed by atoms with van der Waals surface area (Å²) >= 11 is 0. The Kier molecular flexibility index (Phi) is 37.6. The smallest absolute Gasteiger partial charge is 0.306 e. The summed E-state index contributed by atoms with van der Waals surface area (Å²) in [6.07, 6.45) is 49.3. The SMILES string of the molecule is CCCCCCC/C=C\C/C=C\CCCCCCCCCCCCCC(=O)OC(CCCCCCCC)CCCCCCCC(=O)O. The summed E-state index contributed by atoms with van der Waals surface area (Å²) in [5.74, 6) is -0.702. The molecule has 0 radical (unpaired) electrons. The van der Waals surface area contributed by atoms with Gasteiger partial charge in [0.15, 0.2) is 0 Å². The van der Waals surface area contributed by atoms with Gasteiger partial charge in [0.05, 0.1) is 0 Å². The topological polar surface area (TPSA) is 63.6 Å². The van der Waals surface area contributed by atoms with Crippen LogP contribution in [0.3, 0.4) is 0 Å². The van der Waals surface area contributed by atoms with Crippen LogP contribution in [0.15, 0.2) is 24.3 Å². The van der Waals surface area contributed by atoms with Crippen LogP contribution in [0.5, 0.6) is 0 Å². The first kappa shape index (κ1) is 45.4. The normalized spacial score (nSPS) is 12.4. The van der Waals surface area contributed by atoms with Crippen LogP contribution in [0.4, 0.5) is 0 Å². The molecule has 0 spiro atoms. The second-order valence-corrected chi connectivity index (χ2v) is 14.2. The molecule has 1 N–H and O–H groups in total. The molecule has 0 bridgehead atoms. The van der Waals surface area contributed by atoms with E-state index in [-0.39, 0.29) is 18.5 Å². The lowest BCUT2D eigenvalue weighted by molar-refractivity contribution is -0.150. The molecule has 0 fully saturated rings. The third-order valence-corrected chi connectivity index (χ3v) is 9.43. The zero-order chi connectivity index (χ0) is 34.3. The van der Waals surface area contributed by atoms with Gasteiger partial charge >= 0.3 is 11.9 Å². The molecule has 1 unspecified atom stereocenters. The van der Waals surface area contributed by atoms with Crippen LogP contribution in [0, 0.1) is 0 Å². The van der Waals surface area contributed by atoms with Crippen LogP contribution in [0.2, 0.25) is 0 Å². The van der Waals surface area contributed by atoms with E-state index in [1.807, 2.05) is 0 Å². The number of ether oxygens (including phenoxy) is 1. The highest BCUT2D eigenvalue weighted by atomic mass is 16.5. The van der Waals surface area contributed by atoms with Crippen molar-refractivity contribution in [1.82, 2.24) is 0 Å². The second kappa shape index (κ2) is 38.9. The number of hydrogen-bond acceptors (Lipinski definition) is 3. The van der Waals surface area contributed by atoms with E-state index < -0.39 is 5.97 Å². The quantitative estimate of drug-likeness (QED) is 0.0407. The van der Waals surface area contributed by atoms with Crippen molar-refractivity contribution in [3.05, 3.63) is 24.3 Å². The molecular weight excluding hydrogens is 580 g/mol. The van der Waals surface area contributed by atoms with Crippen LogP contribution in [-0.4, -0.2) is 23.1 Å².